The van der Waals surface area contributed by atoms with Crippen LogP contribution in [-0.2, 0) is 6.42 Å². The maximum atomic E-state index is 12.3. The molecule has 1 aliphatic heterocycles. The molecule has 2 heterocycles. The van der Waals surface area contributed by atoms with Gasteiger partial charge in [0.25, 0.3) is 5.91 Å². The summed E-state index contributed by atoms with van der Waals surface area (Å²) in [5, 5.41) is 6.14. The monoisotopic (exact) mass is 353 g/mol. The molecule has 1 fully saturated rings. The number of benzene rings is 1. The Morgan fingerprint density at radius 2 is 1.85 bits per heavy atom. The lowest BCUT2D eigenvalue weighted by atomic mass is 10.0. The zero-order valence-corrected chi connectivity index (χ0v) is 15.3. The van der Waals surface area contributed by atoms with Crippen LogP contribution in [0.25, 0.3) is 0 Å². The van der Waals surface area contributed by atoms with Crippen molar-refractivity contribution < 1.29 is 4.79 Å². The number of nitrogens with zero attached hydrogens (tertiary/aromatic N) is 3. The predicted octanol–water partition coefficient (Wildman–Crippen LogP) is 2.35. The van der Waals surface area contributed by atoms with E-state index in [1.807, 2.05) is 6.92 Å². The quantitative estimate of drug-likeness (QED) is 0.800. The standard InChI is InChI=1S/C20H27N5O/c1-2-21-20-22-14-17(15-23-20)19(26)24-18-9-12-25(13-10-18)11-8-16-6-4-3-5-7-16/h3-7,14-15,18H,2,8-13H2,1H3,(H,24,26)(H,21,22,23). The first-order valence-corrected chi connectivity index (χ1v) is 9.37. The molecule has 6 nitrogen and oxygen atoms in total. The first-order valence-electron chi connectivity index (χ1n) is 9.37. The molecule has 1 saturated heterocycles. The Morgan fingerprint density at radius 3 is 2.50 bits per heavy atom. The SMILES string of the molecule is CCNc1ncc(C(=O)NC2CCN(CCc3ccccc3)CC2)cn1. The van der Waals surface area contributed by atoms with Crippen LogP contribution in [0.4, 0.5) is 5.95 Å². The Morgan fingerprint density at radius 1 is 1.15 bits per heavy atom. The molecule has 1 amide bonds. The summed E-state index contributed by atoms with van der Waals surface area (Å²) in [5.74, 6) is 0.464. The van der Waals surface area contributed by atoms with E-state index in [0.29, 0.717) is 11.5 Å². The van der Waals surface area contributed by atoms with Crippen molar-refractivity contribution in [2.45, 2.75) is 32.2 Å². The van der Waals surface area contributed by atoms with Gasteiger partial charge in [-0.1, -0.05) is 30.3 Å². The van der Waals surface area contributed by atoms with Crippen LogP contribution in [0, 0.1) is 0 Å². The molecule has 0 spiro atoms. The highest BCUT2D eigenvalue weighted by molar-refractivity contribution is 5.93. The Kier molecular flexibility index (Phi) is 6.55. The zero-order valence-electron chi connectivity index (χ0n) is 15.3. The summed E-state index contributed by atoms with van der Waals surface area (Å²) < 4.78 is 0. The summed E-state index contributed by atoms with van der Waals surface area (Å²) in [7, 11) is 0. The third kappa shape index (κ3) is 5.26. The number of carbonyl (C=O) groups excluding carboxylic acids is 1. The number of amides is 1. The van der Waals surface area contributed by atoms with E-state index in [1.165, 1.54) is 5.56 Å². The highest BCUT2D eigenvalue weighted by Crippen LogP contribution is 2.12. The minimum Gasteiger partial charge on any atom is -0.355 e. The largest absolute Gasteiger partial charge is 0.355 e. The van der Waals surface area contributed by atoms with Crippen molar-refractivity contribution in [2.24, 2.45) is 0 Å². The summed E-state index contributed by atoms with van der Waals surface area (Å²) in [6, 6.07) is 10.8. The summed E-state index contributed by atoms with van der Waals surface area (Å²) in [6.45, 7) is 5.86. The number of carbonyl (C=O) groups is 1. The lowest BCUT2D eigenvalue weighted by molar-refractivity contribution is 0.0911. The second-order valence-corrected chi connectivity index (χ2v) is 6.65. The molecular weight excluding hydrogens is 326 g/mol. The lowest BCUT2D eigenvalue weighted by Crippen LogP contribution is -2.45. The van der Waals surface area contributed by atoms with Crippen LogP contribution in [0.5, 0.6) is 0 Å². The topological polar surface area (TPSA) is 70.2 Å². The fourth-order valence-corrected chi connectivity index (χ4v) is 3.20. The van der Waals surface area contributed by atoms with Crippen LogP contribution in [0.3, 0.4) is 0 Å². The maximum absolute atomic E-state index is 12.3. The van der Waals surface area contributed by atoms with Crippen LogP contribution < -0.4 is 10.6 Å². The number of anilines is 1. The van der Waals surface area contributed by atoms with Gasteiger partial charge in [-0.05, 0) is 31.7 Å². The smallest absolute Gasteiger partial charge is 0.254 e. The summed E-state index contributed by atoms with van der Waals surface area (Å²) in [6.07, 6.45) is 6.20. The van der Waals surface area contributed by atoms with Gasteiger partial charge in [-0.3, -0.25) is 4.79 Å². The Balaban J connectivity index is 1.41. The molecule has 0 atom stereocenters. The number of likely N-dealkylation sites (tertiary alicyclic amines) is 1. The van der Waals surface area contributed by atoms with Gasteiger partial charge in [0.05, 0.1) is 5.56 Å². The normalized spacial score (nSPS) is 15.6. The molecule has 1 aliphatic rings. The van der Waals surface area contributed by atoms with Crippen molar-refractivity contribution in [1.29, 1.82) is 0 Å². The molecule has 2 aromatic rings. The molecular formula is C20H27N5O. The van der Waals surface area contributed by atoms with Crippen molar-refractivity contribution in [3.63, 3.8) is 0 Å². The Labute approximate surface area is 155 Å². The third-order valence-corrected chi connectivity index (χ3v) is 4.73. The molecule has 0 bridgehead atoms. The number of hydrogen-bond donors (Lipinski definition) is 2. The number of piperidine rings is 1. The molecule has 1 aromatic heterocycles. The molecule has 0 saturated carbocycles. The molecule has 2 N–H and O–H groups in total. The Hall–Kier alpha value is -2.47. The van der Waals surface area contributed by atoms with Crippen molar-refractivity contribution in [1.82, 2.24) is 20.2 Å². The molecule has 138 valence electrons. The molecule has 0 unspecified atom stereocenters. The summed E-state index contributed by atoms with van der Waals surface area (Å²) in [4.78, 5) is 23.1. The molecule has 0 aliphatic carbocycles. The Bertz CT molecular complexity index is 681. The van der Waals surface area contributed by atoms with Crippen molar-refractivity contribution >= 4 is 11.9 Å². The van der Waals surface area contributed by atoms with E-state index in [0.717, 1.165) is 45.4 Å². The van der Waals surface area contributed by atoms with Gasteiger partial charge in [0, 0.05) is 44.6 Å². The van der Waals surface area contributed by atoms with E-state index in [-0.39, 0.29) is 11.9 Å². The number of nitrogens with one attached hydrogen (secondary N) is 2. The van der Waals surface area contributed by atoms with Crippen LogP contribution in [0.15, 0.2) is 42.7 Å². The predicted molar refractivity (Wildman–Crippen MR) is 103 cm³/mol. The highest BCUT2D eigenvalue weighted by atomic mass is 16.1. The molecule has 6 heteroatoms. The average Bonchev–Trinajstić information content (AvgIpc) is 2.69. The summed E-state index contributed by atoms with van der Waals surface area (Å²) in [5.41, 5.74) is 1.89. The van der Waals surface area contributed by atoms with Crippen molar-refractivity contribution in [3.8, 4) is 0 Å². The van der Waals surface area contributed by atoms with E-state index in [4.69, 9.17) is 0 Å². The molecule has 26 heavy (non-hydrogen) atoms. The summed E-state index contributed by atoms with van der Waals surface area (Å²) >= 11 is 0. The van der Waals surface area contributed by atoms with Gasteiger partial charge < -0.3 is 15.5 Å². The fraction of sp³-hybridized carbons (Fsp3) is 0.450. The number of rotatable bonds is 7. The van der Waals surface area contributed by atoms with Crippen molar-refractivity contribution in [2.75, 3.05) is 31.5 Å². The van der Waals surface area contributed by atoms with E-state index < -0.39 is 0 Å². The fourth-order valence-electron chi connectivity index (χ4n) is 3.20. The maximum Gasteiger partial charge on any atom is 0.254 e. The van der Waals surface area contributed by atoms with Crippen LogP contribution in [-0.4, -0.2) is 53.0 Å². The van der Waals surface area contributed by atoms with E-state index in [9.17, 15) is 4.79 Å². The second-order valence-electron chi connectivity index (χ2n) is 6.65. The average molecular weight is 353 g/mol. The molecule has 3 rings (SSSR count). The first kappa shape index (κ1) is 18.3. The van der Waals surface area contributed by atoms with Gasteiger partial charge in [0.1, 0.15) is 0 Å². The van der Waals surface area contributed by atoms with Gasteiger partial charge in [0.15, 0.2) is 0 Å². The van der Waals surface area contributed by atoms with Crippen LogP contribution in [0.2, 0.25) is 0 Å². The minimum absolute atomic E-state index is 0.0872. The lowest BCUT2D eigenvalue weighted by Gasteiger charge is -2.32. The third-order valence-electron chi connectivity index (χ3n) is 4.73. The van der Waals surface area contributed by atoms with Gasteiger partial charge >= 0.3 is 0 Å². The van der Waals surface area contributed by atoms with E-state index in [2.05, 4.69) is 55.8 Å². The van der Waals surface area contributed by atoms with Crippen LogP contribution >= 0.6 is 0 Å². The second kappa shape index (κ2) is 9.29. The number of hydrogen-bond acceptors (Lipinski definition) is 5. The van der Waals surface area contributed by atoms with Gasteiger partial charge in [0.2, 0.25) is 5.95 Å². The number of aromatic nitrogens is 2. The van der Waals surface area contributed by atoms with Crippen LogP contribution in [0.1, 0.15) is 35.7 Å². The van der Waals surface area contributed by atoms with Gasteiger partial charge in [-0.2, -0.15) is 0 Å². The van der Waals surface area contributed by atoms with Gasteiger partial charge in [-0.25, -0.2) is 9.97 Å². The zero-order chi connectivity index (χ0) is 18.2. The first-order chi connectivity index (χ1) is 12.7. The van der Waals surface area contributed by atoms with Crippen molar-refractivity contribution in [3.05, 3.63) is 53.9 Å². The molecule has 0 radical (unpaired) electrons. The minimum atomic E-state index is -0.0872. The van der Waals surface area contributed by atoms with Gasteiger partial charge in [-0.15, -0.1) is 0 Å². The van der Waals surface area contributed by atoms with E-state index >= 15 is 0 Å². The highest BCUT2D eigenvalue weighted by Gasteiger charge is 2.21. The molecule has 1 aromatic carbocycles. The van der Waals surface area contributed by atoms with E-state index in [1.54, 1.807) is 12.4 Å².